The first-order valence-electron chi connectivity index (χ1n) is 7.11. The monoisotopic (exact) mass is 333 g/mol. The van der Waals surface area contributed by atoms with Crippen molar-refractivity contribution in [2.45, 2.75) is 6.42 Å². The fourth-order valence-electron chi connectivity index (χ4n) is 2.43. The van der Waals surface area contributed by atoms with E-state index < -0.39 is 5.92 Å². The molecule has 0 radical (unpaired) electrons. The maximum absolute atomic E-state index is 12.6. The molecule has 0 bridgehead atoms. The van der Waals surface area contributed by atoms with Crippen LogP contribution in [0.15, 0.2) is 41.3 Å². The Kier molecular flexibility index (Phi) is 4.24. The highest BCUT2D eigenvalue weighted by Crippen LogP contribution is 2.31. The number of rotatable bonds is 5. The van der Waals surface area contributed by atoms with Gasteiger partial charge >= 0.3 is 0 Å². The van der Waals surface area contributed by atoms with Gasteiger partial charge in [-0.2, -0.15) is 0 Å². The Hall–Kier alpha value is -2.48. The summed E-state index contributed by atoms with van der Waals surface area (Å²) >= 11 is 5.18. The van der Waals surface area contributed by atoms with Gasteiger partial charge in [0.1, 0.15) is 5.92 Å². The van der Waals surface area contributed by atoms with E-state index in [1.165, 1.54) is 4.90 Å². The number of amides is 2. The van der Waals surface area contributed by atoms with E-state index in [9.17, 15) is 9.59 Å². The van der Waals surface area contributed by atoms with Crippen LogP contribution >= 0.6 is 12.2 Å². The zero-order valence-corrected chi connectivity index (χ0v) is 13.1. The lowest BCUT2D eigenvalue weighted by Gasteiger charge is -2.30. The van der Waals surface area contributed by atoms with Gasteiger partial charge in [-0.15, -0.1) is 6.58 Å². The van der Waals surface area contributed by atoms with Crippen molar-refractivity contribution >= 4 is 34.9 Å². The van der Waals surface area contributed by atoms with Crippen LogP contribution in [0.5, 0.6) is 0 Å². The topological polar surface area (TPSA) is 80.2 Å². The van der Waals surface area contributed by atoms with E-state index >= 15 is 0 Å². The Bertz CT molecular complexity index is 680. The summed E-state index contributed by atoms with van der Waals surface area (Å²) in [7, 11) is 0. The van der Waals surface area contributed by atoms with Crippen molar-refractivity contribution in [3.63, 3.8) is 0 Å². The molecule has 0 aromatic carbocycles. The largest absolute Gasteiger partial charge is 0.454 e. The number of fused-ring (bicyclic) bond motifs is 2. The van der Waals surface area contributed by atoms with Crippen LogP contribution in [0, 0.1) is 5.92 Å². The number of nitrogens with zero attached hydrogens (tertiary/aromatic N) is 2. The molecule has 0 saturated carbocycles. The Morgan fingerprint density at radius 2 is 2.30 bits per heavy atom. The summed E-state index contributed by atoms with van der Waals surface area (Å²) in [5.41, 5.74) is 0.539. The fraction of sp³-hybridized carbons (Fsp3) is 0.333. The highest BCUT2D eigenvalue weighted by atomic mass is 32.1. The van der Waals surface area contributed by atoms with Crippen LogP contribution in [0.1, 0.15) is 6.42 Å². The second-order valence-corrected chi connectivity index (χ2v) is 5.44. The van der Waals surface area contributed by atoms with Gasteiger partial charge in [0.25, 0.3) is 0 Å². The minimum absolute atomic E-state index is 0.128. The first-order valence-corrected chi connectivity index (χ1v) is 7.52. The number of carbonyl (C=O) groups is 2. The maximum atomic E-state index is 12.6. The molecule has 8 heteroatoms. The van der Waals surface area contributed by atoms with Crippen molar-refractivity contribution in [1.82, 2.24) is 10.2 Å². The molecule has 120 valence electrons. The molecule has 2 heterocycles. The summed E-state index contributed by atoms with van der Waals surface area (Å²) in [5.74, 6) is 0.159. The number of carbonyl (C=O) groups excluding carboxylic acids is 2. The van der Waals surface area contributed by atoms with E-state index in [2.05, 4.69) is 16.9 Å². The van der Waals surface area contributed by atoms with E-state index in [0.29, 0.717) is 23.8 Å². The SMILES string of the molecule is C=CCNC(=O)CCN1C(=O)C2C=C3OCOC3=CC2=NC1=S. The molecule has 3 rings (SSSR count). The van der Waals surface area contributed by atoms with Gasteiger partial charge in [0.05, 0.1) is 5.71 Å². The summed E-state index contributed by atoms with van der Waals surface area (Å²) in [4.78, 5) is 29.9. The molecule has 0 aromatic heterocycles. The van der Waals surface area contributed by atoms with Crippen LogP contribution in [-0.2, 0) is 19.1 Å². The van der Waals surface area contributed by atoms with E-state index in [-0.39, 0.29) is 36.7 Å². The fourth-order valence-corrected chi connectivity index (χ4v) is 2.72. The third-order valence-electron chi connectivity index (χ3n) is 3.58. The van der Waals surface area contributed by atoms with Gasteiger partial charge in [-0.25, -0.2) is 4.99 Å². The molecular weight excluding hydrogens is 318 g/mol. The van der Waals surface area contributed by atoms with Gasteiger partial charge in [-0.1, -0.05) is 6.08 Å². The van der Waals surface area contributed by atoms with E-state index in [0.717, 1.165) is 0 Å². The van der Waals surface area contributed by atoms with Crippen molar-refractivity contribution in [3.05, 3.63) is 36.3 Å². The summed E-state index contributed by atoms with van der Waals surface area (Å²) in [5, 5.41) is 2.81. The molecule has 1 unspecified atom stereocenters. The van der Waals surface area contributed by atoms with Crippen LogP contribution in [0.25, 0.3) is 0 Å². The van der Waals surface area contributed by atoms with Crippen molar-refractivity contribution in [3.8, 4) is 0 Å². The Labute approximate surface area is 138 Å². The van der Waals surface area contributed by atoms with Crippen LogP contribution in [0.4, 0.5) is 0 Å². The third kappa shape index (κ3) is 3.02. The van der Waals surface area contributed by atoms with Crippen molar-refractivity contribution in [2.24, 2.45) is 10.9 Å². The average molecular weight is 333 g/mol. The number of thiocarbonyl (C=S) groups is 1. The number of hydrogen-bond acceptors (Lipinski definition) is 5. The zero-order chi connectivity index (χ0) is 16.4. The summed E-state index contributed by atoms with van der Waals surface area (Å²) in [6, 6.07) is 0. The molecule has 2 aliphatic heterocycles. The summed E-state index contributed by atoms with van der Waals surface area (Å²) < 4.78 is 10.6. The number of allylic oxidation sites excluding steroid dienone is 1. The lowest BCUT2D eigenvalue weighted by Crippen LogP contribution is -2.47. The van der Waals surface area contributed by atoms with Gasteiger partial charge in [-0.05, 0) is 18.3 Å². The van der Waals surface area contributed by atoms with Gasteiger partial charge in [0.2, 0.25) is 23.7 Å². The van der Waals surface area contributed by atoms with Crippen LogP contribution < -0.4 is 5.32 Å². The van der Waals surface area contributed by atoms with Crippen molar-refractivity contribution in [2.75, 3.05) is 19.9 Å². The van der Waals surface area contributed by atoms with Crippen molar-refractivity contribution in [1.29, 1.82) is 0 Å². The quantitative estimate of drug-likeness (QED) is 0.590. The van der Waals surface area contributed by atoms with Gasteiger partial charge < -0.3 is 14.8 Å². The predicted molar refractivity (Wildman–Crippen MR) is 86.3 cm³/mol. The molecular formula is C15H15N3O4S. The van der Waals surface area contributed by atoms with Crippen molar-refractivity contribution < 1.29 is 19.1 Å². The maximum Gasteiger partial charge on any atom is 0.241 e. The number of ether oxygens (including phenoxy) is 2. The average Bonchev–Trinajstić information content (AvgIpc) is 2.98. The molecule has 0 spiro atoms. The standard InChI is InChI=1S/C15H15N3O4S/c1-2-4-16-13(19)3-5-18-14(20)9-6-11-12(22-8-21-11)7-10(9)17-15(18)23/h2,6-7,9H,1,3-5,8H2,(H,16,19). The van der Waals surface area contributed by atoms with E-state index in [1.54, 1.807) is 18.2 Å². The number of nitrogens with one attached hydrogen (secondary N) is 1. The molecule has 1 N–H and O–H groups in total. The summed E-state index contributed by atoms with van der Waals surface area (Å²) in [6.07, 6.45) is 5.09. The Morgan fingerprint density at radius 1 is 1.52 bits per heavy atom. The Morgan fingerprint density at radius 3 is 3.09 bits per heavy atom. The predicted octanol–water partition coefficient (Wildman–Crippen LogP) is 0.649. The second kappa shape index (κ2) is 6.33. The highest BCUT2D eigenvalue weighted by molar-refractivity contribution is 7.80. The zero-order valence-electron chi connectivity index (χ0n) is 12.3. The molecule has 2 amide bonds. The summed E-state index contributed by atoms with van der Waals surface area (Å²) in [6.45, 7) is 4.23. The highest BCUT2D eigenvalue weighted by Gasteiger charge is 2.38. The smallest absolute Gasteiger partial charge is 0.241 e. The lowest BCUT2D eigenvalue weighted by molar-refractivity contribution is -0.129. The molecule has 1 aliphatic carbocycles. The van der Waals surface area contributed by atoms with Crippen LogP contribution in [-0.4, -0.2) is 47.4 Å². The molecule has 1 saturated heterocycles. The molecule has 3 aliphatic rings. The molecule has 1 atom stereocenters. The van der Waals surface area contributed by atoms with Gasteiger partial charge in [0, 0.05) is 25.6 Å². The Balaban J connectivity index is 1.72. The minimum atomic E-state index is -0.557. The molecule has 1 fully saturated rings. The van der Waals surface area contributed by atoms with Crippen LogP contribution in [0.2, 0.25) is 0 Å². The first kappa shape index (κ1) is 15.4. The third-order valence-corrected chi connectivity index (χ3v) is 3.89. The number of hydrogen-bond donors (Lipinski definition) is 1. The second-order valence-electron chi connectivity index (χ2n) is 5.08. The normalized spacial score (nSPS) is 22.0. The lowest BCUT2D eigenvalue weighted by atomic mass is 9.94. The molecule has 0 aromatic rings. The van der Waals surface area contributed by atoms with E-state index in [4.69, 9.17) is 21.7 Å². The van der Waals surface area contributed by atoms with Gasteiger partial charge in [0.15, 0.2) is 11.5 Å². The first-order chi connectivity index (χ1) is 11.1. The number of aliphatic imine (C=N–C) groups is 1. The van der Waals surface area contributed by atoms with Gasteiger partial charge in [-0.3, -0.25) is 14.5 Å². The molecule has 7 nitrogen and oxygen atoms in total. The molecule has 23 heavy (non-hydrogen) atoms. The van der Waals surface area contributed by atoms with Crippen LogP contribution in [0.3, 0.4) is 0 Å². The minimum Gasteiger partial charge on any atom is -0.454 e. The van der Waals surface area contributed by atoms with E-state index in [1.807, 2.05) is 0 Å².